The highest BCUT2D eigenvalue weighted by Gasteiger charge is 2.10. The van der Waals surface area contributed by atoms with Crippen molar-refractivity contribution < 1.29 is 4.79 Å². The zero-order chi connectivity index (χ0) is 19.9. The Morgan fingerprint density at radius 3 is 2.64 bits per heavy atom. The van der Waals surface area contributed by atoms with Gasteiger partial charge in [-0.25, -0.2) is 9.97 Å². The normalized spacial score (nSPS) is 10.5. The maximum absolute atomic E-state index is 12.5. The second-order valence-corrected chi connectivity index (χ2v) is 7.07. The molecule has 0 saturated carbocycles. The molecule has 0 spiro atoms. The molecular formula is C22H23ClN4O. The number of amides is 1. The van der Waals surface area contributed by atoms with Gasteiger partial charge in [-0.15, -0.1) is 0 Å². The predicted octanol–water partition coefficient (Wildman–Crippen LogP) is 4.33. The summed E-state index contributed by atoms with van der Waals surface area (Å²) in [5.41, 5.74) is 4.53. The van der Waals surface area contributed by atoms with E-state index in [4.69, 9.17) is 11.6 Å². The zero-order valence-electron chi connectivity index (χ0n) is 16.0. The number of rotatable bonds is 7. The summed E-state index contributed by atoms with van der Waals surface area (Å²) >= 11 is 5.99. The van der Waals surface area contributed by atoms with Crippen LogP contribution in [0.1, 0.15) is 32.9 Å². The fraction of sp³-hybridized carbons (Fsp3) is 0.227. The molecule has 2 N–H and O–H groups in total. The number of hydrogen-bond acceptors (Lipinski definition) is 4. The molecule has 0 unspecified atom stereocenters. The van der Waals surface area contributed by atoms with E-state index in [-0.39, 0.29) is 5.91 Å². The minimum absolute atomic E-state index is 0.216. The molecule has 0 atom stereocenters. The first kappa shape index (κ1) is 19.8. The minimum atomic E-state index is -0.216. The molecule has 3 aromatic rings. The lowest BCUT2D eigenvalue weighted by Gasteiger charge is -2.10. The van der Waals surface area contributed by atoms with E-state index in [0.29, 0.717) is 36.2 Å². The Bertz CT molecular complexity index is 974. The fourth-order valence-corrected chi connectivity index (χ4v) is 3.06. The number of nitrogens with one attached hydrogen (secondary N) is 2. The molecule has 0 fully saturated rings. The van der Waals surface area contributed by atoms with Crippen LogP contribution in [0.15, 0.2) is 54.6 Å². The van der Waals surface area contributed by atoms with Crippen molar-refractivity contribution >= 4 is 23.5 Å². The SMILES string of the molecule is Cc1cc(C(=O)NCCc2cccc(Cl)c2)nc(NCc2ccccc2C)n1. The highest BCUT2D eigenvalue weighted by Crippen LogP contribution is 2.12. The molecule has 0 radical (unpaired) electrons. The van der Waals surface area contributed by atoms with Crippen LogP contribution >= 0.6 is 11.6 Å². The topological polar surface area (TPSA) is 66.9 Å². The van der Waals surface area contributed by atoms with Gasteiger partial charge >= 0.3 is 0 Å². The molecule has 1 amide bonds. The molecule has 0 aliphatic heterocycles. The molecule has 1 aromatic heterocycles. The van der Waals surface area contributed by atoms with Crippen molar-refractivity contribution in [3.05, 3.63) is 87.7 Å². The van der Waals surface area contributed by atoms with E-state index in [1.165, 1.54) is 11.1 Å². The molecule has 2 aromatic carbocycles. The minimum Gasteiger partial charge on any atom is -0.350 e. The van der Waals surface area contributed by atoms with Gasteiger partial charge in [0.05, 0.1) is 0 Å². The summed E-state index contributed by atoms with van der Waals surface area (Å²) < 4.78 is 0. The Balaban J connectivity index is 1.60. The van der Waals surface area contributed by atoms with Crippen LogP contribution in [-0.2, 0) is 13.0 Å². The van der Waals surface area contributed by atoms with Crippen molar-refractivity contribution in [3.63, 3.8) is 0 Å². The summed E-state index contributed by atoms with van der Waals surface area (Å²) in [6.45, 7) is 5.02. The zero-order valence-corrected chi connectivity index (χ0v) is 16.8. The fourth-order valence-electron chi connectivity index (χ4n) is 2.85. The van der Waals surface area contributed by atoms with Crippen molar-refractivity contribution in [1.29, 1.82) is 0 Å². The van der Waals surface area contributed by atoms with Gasteiger partial charge in [-0.1, -0.05) is 48.0 Å². The van der Waals surface area contributed by atoms with Gasteiger partial charge < -0.3 is 10.6 Å². The third kappa shape index (κ3) is 5.54. The van der Waals surface area contributed by atoms with Crippen molar-refractivity contribution in [2.45, 2.75) is 26.8 Å². The maximum atomic E-state index is 12.5. The number of carbonyl (C=O) groups excluding carboxylic acids is 1. The first-order valence-corrected chi connectivity index (χ1v) is 9.56. The Labute approximate surface area is 170 Å². The molecule has 0 bridgehead atoms. The number of aryl methyl sites for hydroxylation is 2. The molecule has 144 valence electrons. The van der Waals surface area contributed by atoms with Gasteiger partial charge in [-0.3, -0.25) is 4.79 Å². The van der Waals surface area contributed by atoms with Crippen LogP contribution in [0.4, 0.5) is 5.95 Å². The Kier molecular flexibility index (Phi) is 6.61. The van der Waals surface area contributed by atoms with Gasteiger partial charge in [0.1, 0.15) is 5.69 Å². The highest BCUT2D eigenvalue weighted by molar-refractivity contribution is 6.30. The van der Waals surface area contributed by atoms with Crippen molar-refractivity contribution in [2.24, 2.45) is 0 Å². The second-order valence-electron chi connectivity index (χ2n) is 6.63. The first-order chi connectivity index (χ1) is 13.5. The van der Waals surface area contributed by atoms with Crippen molar-refractivity contribution in [2.75, 3.05) is 11.9 Å². The third-order valence-corrected chi connectivity index (χ3v) is 4.61. The van der Waals surface area contributed by atoms with E-state index in [0.717, 1.165) is 11.3 Å². The lowest BCUT2D eigenvalue weighted by Crippen LogP contribution is -2.27. The third-order valence-electron chi connectivity index (χ3n) is 4.37. The molecular weight excluding hydrogens is 372 g/mol. The molecule has 1 heterocycles. The second kappa shape index (κ2) is 9.33. The van der Waals surface area contributed by atoms with Crippen LogP contribution in [0, 0.1) is 13.8 Å². The predicted molar refractivity (Wildman–Crippen MR) is 113 cm³/mol. The van der Waals surface area contributed by atoms with Crippen LogP contribution in [0.3, 0.4) is 0 Å². The molecule has 0 aliphatic carbocycles. The van der Waals surface area contributed by atoms with E-state index >= 15 is 0 Å². The summed E-state index contributed by atoms with van der Waals surface area (Å²) in [6.07, 6.45) is 0.703. The summed E-state index contributed by atoms with van der Waals surface area (Å²) in [5, 5.41) is 6.81. The Morgan fingerprint density at radius 2 is 1.86 bits per heavy atom. The number of anilines is 1. The summed E-state index contributed by atoms with van der Waals surface area (Å²) in [6, 6.07) is 17.4. The van der Waals surface area contributed by atoms with Gasteiger partial charge in [0.2, 0.25) is 5.95 Å². The van der Waals surface area contributed by atoms with Gasteiger partial charge in [0.15, 0.2) is 0 Å². The molecule has 0 aliphatic rings. The van der Waals surface area contributed by atoms with Crippen molar-refractivity contribution in [3.8, 4) is 0 Å². The smallest absolute Gasteiger partial charge is 0.270 e. The van der Waals surface area contributed by atoms with E-state index < -0.39 is 0 Å². The highest BCUT2D eigenvalue weighted by atomic mass is 35.5. The molecule has 0 saturated heterocycles. The van der Waals surface area contributed by atoms with Gasteiger partial charge in [-0.05, 0) is 55.2 Å². The number of halogens is 1. The molecule has 3 rings (SSSR count). The Hall–Kier alpha value is -2.92. The van der Waals surface area contributed by atoms with E-state index in [1.54, 1.807) is 6.07 Å². The number of hydrogen-bond donors (Lipinski definition) is 2. The van der Waals surface area contributed by atoms with Crippen LogP contribution in [0.25, 0.3) is 0 Å². The van der Waals surface area contributed by atoms with E-state index in [2.05, 4.69) is 39.7 Å². The number of carbonyl (C=O) groups is 1. The molecule has 28 heavy (non-hydrogen) atoms. The maximum Gasteiger partial charge on any atom is 0.270 e. The van der Waals surface area contributed by atoms with Gasteiger partial charge in [0.25, 0.3) is 5.91 Å². The van der Waals surface area contributed by atoms with Gasteiger partial charge in [-0.2, -0.15) is 0 Å². The lowest BCUT2D eigenvalue weighted by atomic mass is 10.1. The first-order valence-electron chi connectivity index (χ1n) is 9.18. The average molecular weight is 395 g/mol. The lowest BCUT2D eigenvalue weighted by molar-refractivity contribution is 0.0949. The summed E-state index contributed by atoms with van der Waals surface area (Å²) in [5.74, 6) is 0.231. The number of benzene rings is 2. The van der Waals surface area contributed by atoms with Crippen LogP contribution in [-0.4, -0.2) is 22.4 Å². The van der Waals surface area contributed by atoms with E-state index in [1.807, 2.05) is 43.3 Å². The van der Waals surface area contributed by atoms with Crippen LogP contribution < -0.4 is 10.6 Å². The van der Waals surface area contributed by atoms with Crippen LogP contribution in [0.5, 0.6) is 0 Å². The number of aromatic nitrogens is 2. The van der Waals surface area contributed by atoms with Crippen LogP contribution in [0.2, 0.25) is 5.02 Å². The monoisotopic (exact) mass is 394 g/mol. The largest absolute Gasteiger partial charge is 0.350 e. The Morgan fingerprint density at radius 1 is 1.04 bits per heavy atom. The molecule has 6 heteroatoms. The number of nitrogens with zero attached hydrogens (tertiary/aromatic N) is 2. The van der Waals surface area contributed by atoms with E-state index in [9.17, 15) is 4.79 Å². The quantitative estimate of drug-likeness (QED) is 0.625. The summed E-state index contributed by atoms with van der Waals surface area (Å²) in [7, 11) is 0. The summed E-state index contributed by atoms with van der Waals surface area (Å²) in [4.78, 5) is 21.2. The van der Waals surface area contributed by atoms with Gasteiger partial charge in [0, 0.05) is 23.8 Å². The standard InChI is InChI=1S/C22H23ClN4O/c1-15-6-3-4-8-18(15)14-25-22-26-16(2)12-20(27-22)21(28)24-11-10-17-7-5-9-19(23)13-17/h3-9,12-13H,10-11,14H2,1-2H3,(H,24,28)(H,25,26,27). The molecule has 5 nitrogen and oxygen atoms in total. The van der Waals surface area contributed by atoms with Crippen molar-refractivity contribution in [1.82, 2.24) is 15.3 Å². The average Bonchev–Trinajstić information content (AvgIpc) is 2.67.